The van der Waals surface area contributed by atoms with E-state index in [0.29, 0.717) is 12.8 Å². The van der Waals surface area contributed by atoms with Crippen molar-refractivity contribution in [2.45, 2.75) is 57.5 Å². The van der Waals surface area contributed by atoms with Gasteiger partial charge in [0.05, 0.1) is 30.8 Å². The molecule has 0 aromatic heterocycles. The van der Waals surface area contributed by atoms with Gasteiger partial charge in [-0.25, -0.2) is 4.79 Å². The number of esters is 2. The Morgan fingerprint density at radius 2 is 1.58 bits per heavy atom. The van der Waals surface area contributed by atoms with Gasteiger partial charge in [-0.15, -0.1) is 0 Å². The van der Waals surface area contributed by atoms with Gasteiger partial charge in [-0.3, -0.25) is 4.79 Å². The van der Waals surface area contributed by atoms with Gasteiger partial charge < -0.3 is 19.5 Å². The molecular formula is C21H25F6NO5. The van der Waals surface area contributed by atoms with Crippen LogP contribution >= 0.6 is 0 Å². The number of halogens is 6. The molecule has 0 amide bonds. The highest BCUT2D eigenvalue weighted by molar-refractivity contribution is 5.95. The Bertz CT molecular complexity index is 864. The molecule has 0 radical (unpaired) electrons. The van der Waals surface area contributed by atoms with Crippen molar-refractivity contribution in [1.82, 2.24) is 0 Å². The standard InChI is InChI=1S/C21H25F6NO5/c1-3-32-15(29)12-19(31,21(25,26)27)11-13-7-8-14(28-9-5-6-10-28)17(20(22,23)24)16(13)18(30)33-4-2/h7-8,31H,3-6,9-12H2,1-2H3. The Morgan fingerprint density at radius 1 is 1.00 bits per heavy atom. The van der Waals surface area contributed by atoms with Gasteiger partial charge in [-0.2, -0.15) is 26.3 Å². The molecule has 1 fully saturated rings. The first kappa shape index (κ1) is 26.7. The van der Waals surface area contributed by atoms with Crippen LogP contribution in [0.4, 0.5) is 32.0 Å². The summed E-state index contributed by atoms with van der Waals surface area (Å²) in [5.41, 5.74) is -7.40. The normalized spacial score (nSPS) is 16.5. The molecule has 1 aliphatic heterocycles. The maximum atomic E-state index is 14.1. The van der Waals surface area contributed by atoms with Gasteiger partial charge in [0.2, 0.25) is 0 Å². The van der Waals surface area contributed by atoms with E-state index in [9.17, 15) is 41.0 Å². The summed E-state index contributed by atoms with van der Waals surface area (Å²) < 4.78 is 92.8. The Morgan fingerprint density at radius 3 is 2.06 bits per heavy atom. The highest BCUT2D eigenvalue weighted by Crippen LogP contribution is 2.44. The summed E-state index contributed by atoms with van der Waals surface area (Å²) in [6.07, 6.45) is -12.3. The predicted octanol–water partition coefficient (Wildman–Crippen LogP) is 4.27. The molecule has 1 unspecified atom stereocenters. The van der Waals surface area contributed by atoms with E-state index < -0.39 is 59.4 Å². The smallest absolute Gasteiger partial charge is 0.419 e. The number of alkyl halides is 6. The van der Waals surface area contributed by atoms with Crippen LogP contribution in [-0.2, 0) is 26.9 Å². The number of ether oxygens (including phenoxy) is 2. The number of nitrogens with zero attached hydrogens (tertiary/aromatic N) is 1. The molecular weight excluding hydrogens is 460 g/mol. The van der Waals surface area contributed by atoms with Crippen LogP contribution < -0.4 is 4.90 Å². The van der Waals surface area contributed by atoms with Gasteiger partial charge in [-0.1, -0.05) is 6.07 Å². The van der Waals surface area contributed by atoms with E-state index in [2.05, 4.69) is 4.74 Å². The molecule has 1 aromatic carbocycles. The van der Waals surface area contributed by atoms with Crippen LogP contribution in [0.3, 0.4) is 0 Å². The van der Waals surface area contributed by atoms with E-state index in [4.69, 9.17) is 4.74 Å². The molecule has 1 N–H and O–H groups in total. The Balaban J connectivity index is 2.70. The molecule has 0 spiro atoms. The summed E-state index contributed by atoms with van der Waals surface area (Å²) in [5.74, 6) is -2.86. The van der Waals surface area contributed by atoms with Crippen LogP contribution in [0.5, 0.6) is 0 Å². The van der Waals surface area contributed by atoms with Gasteiger partial charge in [0, 0.05) is 25.2 Å². The van der Waals surface area contributed by atoms with E-state index in [1.165, 1.54) is 18.7 Å². The number of hydrogen-bond acceptors (Lipinski definition) is 6. The van der Waals surface area contributed by atoms with Gasteiger partial charge in [0.15, 0.2) is 5.60 Å². The summed E-state index contributed by atoms with van der Waals surface area (Å²) in [6, 6.07) is 1.91. The van der Waals surface area contributed by atoms with Crippen molar-refractivity contribution >= 4 is 17.6 Å². The Labute approximate surface area is 186 Å². The fraction of sp³-hybridized carbons (Fsp3) is 0.619. The quantitative estimate of drug-likeness (QED) is 0.438. The molecule has 1 aromatic rings. The van der Waals surface area contributed by atoms with Crippen molar-refractivity contribution in [3.05, 3.63) is 28.8 Å². The largest absolute Gasteiger partial charge is 0.466 e. The highest BCUT2D eigenvalue weighted by atomic mass is 19.4. The second kappa shape index (κ2) is 10.2. The minimum Gasteiger partial charge on any atom is -0.466 e. The van der Waals surface area contributed by atoms with Crippen molar-refractivity contribution in [3.63, 3.8) is 0 Å². The molecule has 1 saturated heterocycles. The van der Waals surface area contributed by atoms with Crippen molar-refractivity contribution in [2.24, 2.45) is 0 Å². The van der Waals surface area contributed by atoms with Gasteiger partial charge in [0.25, 0.3) is 0 Å². The van der Waals surface area contributed by atoms with E-state index in [1.54, 1.807) is 0 Å². The molecule has 1 atom stereocenters. The van der Waals surface area contributed by atoms with Gasteiger partial charge >= 0.3 is 24.3 Å². The third-order valence-corrected chi connectivity index (χ3v) is 5.23. The lowest BCUT2D eigenvalue weighted by Gasteiger charge is -2.32. The van der Waals surface area contributed by atoms with Gasteiger partial charge in [-0.05, 0) is 38.3 Å². The molecule has 1 aliphatic rings. The van der Waals surface area contributed by atoms with E-state index in [1.807, 2.05) is 0 Å². The first-order chi connectivity index (χ1) is 15.2. The van der Waals surface area contributed by atoms with Crippen LogP contribution in [0, 0.1) is 0 Å². The van der Waals surface area contributed by atoms with Crippen molar-refractivity contribution < 1.29 is 50.5 Å². The lowest BCUT2D eigenvalue weighted by molar-refractivity contribution is -0.262. The summed E-state index contributed by atoms with van der Waals surface area (Å²) >= 11 is 0. The van der Waals surface area contributed by atoms with Crippen LogP contribution in [0.1, 0.15) is 54.6 Å². The van der Waals surface area contributed by atoms with Crippen molar-refractivity contribution in [1.29, 1.82) is 0 Å². The monoisotopic (exact) mass is 485 g/mol. The third kappa shape index (κ3) is 6.10. The fourth-order valence-electron chi connectivity index (χ4n) is 3.76. The number of benzene rings is 1. The van der Waals surface area contributed by atoms with E-state index in [0.717, 1.165) is 12.1 Å². The average molecular weight is 485 g/mol. The molecule has 2 rings (SSSR count). The molecule has 0 aliphatic carbocycles. The summed E-state index contributed by atoms with van der Waals surface area (Å²) in [5, 5.41) is 10.3. The Hall–Kier alpha value is -2.50. The third-order valence-electron chi connectivity index (χ3n) is 5.23. The maximum Gasteiger partial charge on any atom is 0.419 e. The number of carbonyl (C=O) groups excluding carboxylic acids is 2. The van der Waals surface area contributed by atoms with E-state index in [-0.39, 0.29) is 32.0 Å². The predicted molar refractivity (Wildman–Crippen MR) is 105 cm³/mol. The number of aliphatic hydroxyl groups is 1. The topological polar surface area (TPSA) is 76.1 Å². The van der Waals surface area contributed by atoms with Crippen molar-refractivity contribution in [2.75, 3.05) is 31.2 Å². The lowest BCUT2D eigenvalue weighted by Crippen LogP contribution is -2.49. The lowest BCUT2D eigenvalue weighted by atomic mass is 9.86. The van der Waals surface area contributed by atoms with Crippen LogP contribution in [-0.4, -0.2) is 55.1 Å². The summed E-state index contributed by atoms with van der Waals surface area (Å²) in [7, 11) is 0. The molecule has 33 heavy (non-hydrogen) atoms. The van der Waals surface area contributed by atoms with Gasteiger partial charge in [0.1, 0.15) is 0 Å². The zero-order valence-electron chi connectivity index (χ0n) is 18.1. The van der Waals surface area contributed by atoms with E-state index >= 15 is 0 Å². The molecule has 186 valence electrons. The SMILES string of the molecule is CCOC(=O)CC(O)(Cc1ccc(N2CCCC2)c(C(F)(F)F)c1C(=O)OCC)C(F)(F)F. The molecule has 12 heteroatoms. The number of rotatable bonds is 8. The fourth-order valence-corrected chi connectivity index (χ4v) is 3.76. The second-order valence-electron chi connectivity index (χ2n) is 7.59. The average Bonchev–Trinajstić information content (AvgIpc) is 3.20. The minimum atomic E-state index is -5.41. The van der Waals surface area contributed by atoms with Crippen LogP contribution in [0.15, 0.2) is 12.1 Å². The number of anilines is 1. The maximum absolute atomic E-state index is 14.1. The zero-order chi connectivity index (χ0) is 25.0. The molecule has 0 saturated carbocycles. The number of hydrogen-bond donors (Lipinski definition) is 1. The van der Waals surface area contributed by atoms with Crippen molar-refractivity contribution in [3.8, 4) is 0 Å². The first-order valence-electron chi connectivity index (χ1n) is 10.3. The number of carbonyl (C=O) groups is 2. The molecule has 0 bridgehead atoms. The second-order valence-corrected chi connectivity index (χ2v) is 7.59. The summed E-state index contributed by atoms with van der Waals surface area (Å²) in [4.78, 5) is 25.7. The summed E-state index contributed by atoms with van der Waals surface area (Å²) in [6.45, 7) is 2.65. The Kier molecular flexibility index (Phi) is 8.26. The zero-order valence-corrected chi connectivity index (χ0v) is 18.1. The molecule has 1 heterocycles. The minimum absolute atomic E-state index is 0.260. The van der Waals surface area contributed by atoms with Crippen LogP contribution in [0.25, 0.3) is 0 Å². The molecule has 6 nitrogen and oxygen atoms in total. The van der Waals surface area contributed by atoms with Crippen LogP contribution in [0.2, 0.25) is 0 Å². The first-order valence-corrected chi connectivity index (χ1v) is 10.3. The highest BCUT2D eigenvalue weighted by Gasteiger charge is 2.56.